The molecule has 0 unspecified atom stereocenters. The van der Waals surface area contributed by atoms with E-state index in [-0.39, 0.29) is 11.9 Å². The summed E-state index contributed by atoms with van der Waals surface area (Å²) in [5.74, 6) is -1.43. The van der Waals surface area contributed by atoms with E-state index in [1.165, 1.54) is 26.0 Å². The van der Waals surface area contributed by atoms with Gasteiger partial charge in [-0.25, -0.2) is 0 Å². The molecule has 196 valence electrons. The predicted molar refractivity (Wildman–Crippen MR) is 135 cm³/mol. The van der Waals surface area contributed by atoms with Crippen LogP contribution in [-0.2, 0) is 31.5 Å². The Balaban J connectivity index is 0.000000641. The van der Waals surface area contributed by atoms with E-state index in [2.05, 4.69) is 27.7 Å². The van der Waals surface area contributed by atoms with Crippen LogP contribution in [0.4, 0.5) is 0 Å². The zero-order chi connectivity index (χ0) is 26.0. The molecular formula is C24H44O8Sn2. The van der Waals surface area contributed by atoms with Crippen LogP contribution in [-0.4, -0.2) is 62.3 Å². The molecule has 1 heterocycles. The molecule has 0 fully saturated rings. The van der Waals surface area contributed by atoms with Crippen LogP contribution in [0.25, 0.3) is 0 Å². The molecule has 0 aromatic heterocycles. The molecule has 1 aliphatic heterocycles. The normalized spacial score (nSPS) is 14.8. The van der Waals surface area contributed by atoms with Crippen molar-refractivity contribution in [3.8, 4) is 0 Å². The van der Waals surface area contributed by atoms with Crippen LogP contribution in [0, 0.1) is 0 Å². The van der Waals surface area contributed by atoms with Crippen LogP contribution >= 0.6 is 0 Å². The minimum atomic E-state index is -3.49. The number of carbonyl (C=O) groups excluding carboxylic acids is 4. The van der Waals surface area contributed by atoms with Gasteiger partial charge in [0.2, 0.25) is 0 Å². The Morgan fingerprint density at radius 1 is 0.735 bits per heavy atom. The number of rotatable bonds is 14. The van der Waals surface area contributed by atoms with Crippen LogP contribution in [0.1, 0.15) is 92.9 Å². The molecule has 0 aliphatic carbocycles. The average Bonchev–Trinajstić information content (AvgIpc) is 2.91. The molecule has 0 atom stereocenters. The van der Waals surface area contributed by atoms with Gasteiger partial charge < -0.3 is 0 Å². The summed E-state index contributed by atoms with van der Waals surface area (Å²) in [7, 11) is 0. The zero-order valence-electron chi connectivity index (χ0n) is 21.9. The second kappa shape index (κ2) is 18.5. The second-order valence-corrected chi connectivity index (χ2v) is 27.0. The molecule has 0 aromatic carbocycles. The van der Waals surface area contributed by atoms with E-state index in [0.29, 0.717) is 0 Å². The van der Waals surface area contributed by atoms with Gasteiger partial charge in [-0.3, -0.25) is 0 Å². The number of hydrogen-bond acceptors (Lipinski definition) is 8. The number of carbonyl (C=O) groups is 4. The Morgan fingerprint density at radius 3 is 1.38 bits per heavy atom. The van der Waals surface area contributed by atoms with Crippen molar-refractivity contribution >= 4 is 62.3 Å². The van der Waals surface area contributed by atoms with Gasteiger partial charge in [0.1, 0.15) is 0 Å². The fraction of sp³-hybridized carbons (Fsp3) is 0.750. The quantitative estimate of drug-likeness (QED) is 0.209. The standard InChI is InChI=1S/C4H4O4.4C4H9.2C2H4O2.2Sn/c5-3(6)1-2-4(7)8;4*1-3-4-2;2*1-2(3)4;;/h1-2H,(H,5,6)(H,7,8);4*1,3-4H2,2H3;2*1H3,(H,3,4);;/q;;;;;;;2*+2/p-4. The molecule has 34 heavy (non-hydrogen) atoms. The van der Waals surface area contributed by atoms with E-state index in [9.17, 15) is 19.2 Å². The van der Waals surface area contributed by atoms with E-state index in [1.54, 1.807) is 0 Å². The summed E-state index contributed by atoms with van der Waals surface area (Å²) in [5, 5.41) is 0. The first-order chi connectivity index (χ1) is 16.1. The fourth-order valence-corrected chi connectivity index (χ4v) is 23.2. The zero-order valence-corrected chi connectivity index (χ0v) is 27.6. The Labute approximate surface area is 215 Å². The van der Waals surface area contributed by atoms with Gasteiger partial charge in [-0.1, -0.05) is 0 Å². The van der Waals surface area contributed by atoms with Crippen molar-refractivity contribution in [2.75, 3.05) is 0 Å². The second-order valence-electron chi connectivity index (χ2n) is 8.60. The van der Waals surface area contributed by atoms with Crippen LogP contribution in [0.15, 0.2) is 12.2 Å². The minimum absolute atomic E-state index is 0.311. The summed E-state index contributed by atoms with van der Waals surface area (Å²) in [6.07, 6.45) is 10.3. The summed E-state index contributed by atoms with van der Waals surface area (Å²) in [6.45, 7) is 11.1. The van der Waals surface area contributed by atoms with Crippen molar-refractivity contribution in [1.82, 2.24) is 0 Å². The van der Waals surface area contributed by atoms with Crippen LogP contribution < -0.4 is 0 Å². The Hall–Kier alpha value is -0.783. The van der Waals surface area contributed by atoms with Crippen molar-refractivity contribution in [3.63, 3.8) is 0 Å². The fourth-order valence-electron chi connectivity index (χ4n) is 3.58. The molecule has 0 saturated carbocycles. The maximum atomic E-state index is 11.5. The molecule has 0 aromatic rings. The van der Waals surface area contributed by atoms with E-state index < -0.39 is 50.3 Å². The van der Waals surface area contributed by atoms with Crippen molar-refractivity contribution < 1.29 is 31.5 Å². The van der Waals surface area contributed by atoms with Gasteiger partial charge in [-0.2, -0.15) is 0 Å². The van der Waals surface area contributed by atoms with E-state index >= 15 is 0 Å². The van der Waals surface area contributed by atoms with E-state index in [1.807, 2.05) is 0 Å². The molecule has 0 bridgehead atoms. The SMILES string of the molecule is CCC[CH2][Sn]([CH2]CCC)([O]C(C)=O)[O]C(C)=O.CCC[CH2][Sn]1([CH2]CCC)[O]C(=O)C=CC(=O)[O]1. The Morgan fingerprint density at radius 2 is 1.09 bits per heavy atom. The van der Waals surface area contributed by atoms with Gasteiger partial charge in [0, 0.05) is 0 Å². The van der Waals surface area contributed by atoms with Gasteiger partial charge in [-0.15, -0.1) is 0 Å². The van der Waals surface area contributed by atoms with Gasteiger partial charge in [-0.05, 0) is 0 Å². The van der Waals surface area contributed by atoms with Crippen LogP contribution in [0.2, 0.25) is 17.7 Å². The first-order valence-electron chi connectivity index (χ1n) is 12.6. The molecule has 0 radical (unpaired) electrons. The van der Waals surface area contributed by atoms with Crippen molar-refractivity contribution in [2.24, 2.45) is 0 Å². The van der Waals surface area contributed by atoms with Crippen molar-refractivity contribution in [1.29, 1.82) is 0 Å². The molecule has 0 spiro atoms. The monoisotopic (exact) mass is 700 g/mol. The summed E-state index contributed by atoms with van der Waals surface area (Å²) < 4.78 is 25.1. The topological polar surface area (TPSA) is 105 Å². The van der Waals surface area contributed by atoms with Gasteiger partial charge in [0.05, 0.1) is 0 Å². The van der Waals surface area contributed by atoms with Crippen molar-refractivity contribution in [3.05, 3.63) is 12.2 Å². The van der Waals surface area contributed by atoms with Crippen LogP contribution in [0.3, 0.4) is 0 Å². The third-order valence-corrected chi connectivity index (χ3v) is 25.0. The molecule has 0 N–H and O–H groups in total. The Kier molecular flexibility index (Phi) is 18.1. The third-order valence-electron chi connectivity index (χ3n) is 5.23. The number of hydrogen-bond donors (Lipinski definition) is 0. The average molecular weight is 698 g/mol. The predicted octanol–water partition coefficient (Wildman–Crippen LogP) is 5.84. The molecule has 0 saturated heterocycles. The molecule has 8 nitrogen and oxygen atoms in total. The van der Waals surface area contributed by atoms with Crippen LogP contribution in [0.5, 0.6) is 0 Å². The van der Waals surface area contributed by atoms with Crippen molar-refractivity contribution in [2.45, 2.75) is 111 Å². The molecule has 1 rings (SSSR count). The van der Waals surface area contributed by atoms with Gasteiger partial charge in [0.25, 0.3) is 0 Å². The summed E-state index contributed by atoms with van der Waals surface area (Å²) in [4.78, 5) is 45.4. The van der Waals surface area contributed by atoms with Gasteiger partial charge in [0.15, 0.2) is 0 Å². The number of unbranched alkanes of at least 4 members (excludes halogenated alkanes) is 4. The summed E-state index contributed by atoms with van der Waals surface area (Å²) in [6, 6.07) is 0. The summed E-state index contributed by atoms with van der Waals surface area (Å²) in [5.41, 5.74) is 0. The molecule has 10 heteroatoms. The molecular weight excluding hydrogens is 654 g/mol. The van der Waals surface area contributed by atoms with Gasteiger partial charge >= 0.3 is 217 Å². The first kappa shape index (κ1) is 33.2. The summed E-state index contributed by atoms with van der Waals surface area (Å²) >= 11 is -6.97. The maximum absolute atomic E-state index is 11.5. The first-order valence-corrected chi connectivity index (χ1v) is 25.3. The molecule has 0 amide bonds. The van der Waals surface area contributed by atoms with E-state index in [0.717, 1.165) is 69.1 Å². The third kappa shape index (κ3) is 14.6. The molecule has 1 aliphatic rings. The Bertz CT molecular complexity index is 608. The van der Waals surface area contributed by atoms with E-state index in [4.69, 9.17) is 12.3 Å².